The van der Waals surface area contributed by atoms with Crippen LogP contribution in [-0.2, 0) is 32.6 Å². The summed E-state index contributed by atoms with van der Waals surface area (Å²) in [4.78, 5) is 28.9. The first-order valence-electron chi connectivity index (χ1n) is 12.7. The lowest BCUT2D eigenvalue weighted by Crippen LogP contribution is -2.53. The van der Waals surface area contributed by atoms with E-state index in [1.165, 1.54) is 4.90 Å². The maximum atomic E-state index is 14.0. The van der Waals surface area contributed by atoms with Crippen molar-refractivity contribution in [1.29, 1.82) is 0 Å². The number of halogens is 2. The quantitative estimate of drug-likeness (QED) is 0.273. The van der Waals surface area contributed by atoms with Gasteiger partial charge in [0.05, 0.1) is 11.9 Å². The Kier molecular flexibility index (Phi) is 11.2. The molecule has 10 heteroatoms. The Balaban J connectivity index is 2.01. The van der Waals surface area contributed by atoms with Crippen molar-refractivity contribution < 1.29 is 18.0 Å². The zero-order valence-corrected chi connectivity index (χ0v) is 24.3. The topological polar surface area (TPSA) is 86.8 Å². The molecule has 39 heavy (non-hydrogen) atoms. The average molecular weight is 591 g/mol. The van der Waals surface area contributed by atoms with E-state index in [0.717, 1.165) is 34.5 Å². The summed E-state index contributed by atoms with van der Waals surface area (Å²) < 4.78 is 26.6. The minimum atomic E-state index is -3.84. The Morgan fingerprint density at radius 1 is 0.872 bits per heavy atom. The molecule has 2 amide bonds. The van der Waals surface area contributed by atoms with Gasteiger partial charge in [-0.2, -0.15) is 0 Å². The molecule has 3 rings (SSSR count). The van der Waals surface area contributed by atoms with Gasteiger partial charge in [-0.05, 0) is 53.9 Å². The van der Waals surface area contributed by atoms with Crippen molar-refractivity contribution in [2.24, 2.45) is 0 Å². The van der Waals surface area contributed by atoms with Crippen LogP contribution in [0, 0.1) is 0 Å². The van der Waals surface area contributed by atoms with E-state index in [0.29, 0.717) is 22.3 Å². The van der Waals surface area contributed by atoms with E-state index in [1.807, 2.05) is 37.3 Å². The Labute approximate surface area is 240 Å². The van der Waals surface area contributed by atoms with Crippen LogP contribution in [-0.4, -0.2) is 50.5 Å². The third-order valence-corrected chi connectivity index (χ3v) is 7.81. The van der Waals surface area contributed by atoms with Gasteiger partial charge in [0.15, 0.2) is 0 Å². The third kappa shape index (κ3) is 9.27. The highest BCUT2D eigenvalue weighted by Gasteiger charge is 2.33. The van der Waals surface area contributed by atoms with Crippen LogP contribution >= 0.6 is 23.2 Å². The maximum Gasteiger partial charge on any atom is 0.244 e. The average Bonchev–Trinajstić information content (AvgIpc) is 2.91. The first-order chi connectivity index (χ1) is 18.6. The van der Waals surface area contributed by atoms with Crippen molar-refractivity contribution in [2.45, 2.75) is 38.8 Å². The van der Waals surface area contributed by atoms with Gasteiger partial charge in [0.2, 0.25) is 21.8 Å². The van der Waals surface area contributed by atoms with Gasteiger partial charge in [0.1, 0.15) is 12.6 Å². The number of unbranched alkanes of at least 4 members (excludes halogenated alkanes) is 1. The molecule has 0 bridgehead atoms. The summed E-state index contributed by atoms with van der Waals surface area (Å²) in [6, 6.07) is 21.7. The van der Waals surface area contributed by atoms with Gasteiger partial charge in [-0.25, -0.2) is 8.42 Å². The van der Waals surface area contributed by atoms with E-state index in [2.05, 4.69) is 5.32 Å². The number of rotatable bonds is 13. The van der Waals surface area contributed by atoms with Crippen LogP contribution in [0.15, 0.2) is 78.9 Å². The van der Waals surface area contributed by atoms with Gasteiger partial charge in [-0.3, -0.25) is 13.9 Å². The lowest BCUT2D eigenvalue weighted by molar-refractivity contribution is -0.140. The summed E-state index contributed by atoms with van der Waals surface area (Å²) in [7, 11) is -3.84. The molecular formula is C29H33Cl2N3O4S. The fourth-order valence-corrected chi connectivity index (χ4v) is 5.17. The Morgan fingerprint density at radius 2 is 1.46 bits per heavy atom. The highest BCUT2D eigenvalue weighted by atomic mass is 35.5. The van der Waals surface area contributed by atoms with Crippen molar-refractivity contribution in [3.63, 3.8) is 0 Å². The first-order valence-corrected chi connectivity index (χ1v) is 15.3. The third-order valence-electron chi connectivity index (χ3n) is 6.16. The van der Waals surface area contributed by atoms with Crippen molar-refractivity contribution >= 4 is 50.7 Å². The van der Waals surface area contributed by atoms with E-state index in [9.17, 15) is 18.0 Å². The van der Waals surface area contributed by atoms with Gasteiger partial charge in [0.25, 0.3) is 0 Å². The molecule has 0 aromatic heterocycles. The van der Waals surface area contributed by atoms with Crippen molar-refractivity contribution in [2.75, 3.05) is 23.7 Å². The molecule has 3 aromatic rings. The predicted octanol–water partition coefficient (Wildman–Crippen LogP) is 5.32. The second-order valence-electron chi connectivity index (χ2n) is 9.24. The van der Waals surface area contributed by atoms with Crippen LogP contribution in [0.25, 0.3) is 0 Å². The molecule has 0 unspecified atom stereocenters. The molecule has 1 atom stereocenters. The molecule has 208 valence electrons. The largest absolute Gasteiger partial charge is 0.354 e. The number of anilines is 1. The van der Waals surface area contributed by atoms with Gasteiger partial charge in [-0.1, -0.05) is 79.0 Å². The number of amides is 2. The van der Waals surface area contributed by atoms with Gasteiger partial charge in [-0.15, -0.1) is 0 Å². The molecule has 0 aliphatic rings. The molecular weight excluding hydrogens is 557 g/mol. The summed E-state index contributed by atoms with van der Waals surface area (Å²) in [5, 5.41) is 3.94. The number of hydrogen-bond acceptors (Lipinski definition) is 4. The van der Waals surface area contributed by atoms with Crippen LogP contribution in [0.1, 0.15) is 30.9 Å². The second-order valence-corrected chi connectivity index (χ2v) is 12.0. The van der Waals surface area contributed by atoms with E-state index < -0.39 is 28.5 Å². The normalized spacial score (nSPS) is 12.0. The number of hydrogen-bond donors (Lipinski definition) is 1. The standard InChI is InChI=1S/C29H33Cl2N3O4S/c1-3-4-18-32-29(36)27(19-22-8-6-5-7-9-22)33(20-23-10-12-24(30)13-11-23)28(35)21-34(39(2,37)38)26-16-14-25(31)15-17-26/h5-17,27H,3-4,18-21H2,1-2H3,(H,32,36)/t27-/m1/s1. The molecule has 0 radical (unpaired) electrons. The fraction of sp³-hybridized carbons (Fsp3) is 0.310. The predicted molar refractivity (Wildman–Crippen MR) is 157 cm³/mol. The molecule has 0 aliphatic carbocycles. The monoisotopic (exact) mass is 589 g/mol. The van der Waals surface area contributed by atoms with E-state index in [-0.39, 0.29) is 18.9 Å². The summed E-state index contributed by atoms with van der Waals surface area (Å²) in [5.41, 5.74) is 1.93. The maximum absolute atomic E-state index is 14.0. The minimum Gasteiger partial charge on any atom is -0.354 e. The molecule has 0 saturated carbocycles. The molecule has 1 N–H and O–H groups in total. The second kappa shape index (κ2) is 14.4. The van der Waals surface area contributed by atoms with Crippen molar-refractivity contribution in [1.82, 2.24) is 10.2 Å². The lowest BCUT2D eigenvalue weighted by Gasteiger charge is -2.33. The zero-order valence-electron chi connectivity index (χ0n) is 22.0. The van der Waals surface area contributed by atoms with Crippen LogP contribution in [0.2, 0.25) is 10.0 Å². The number of nitrogens with one attached hydrogen (secondary N) is 1. The highest BCUT2D eigenvalue weighted by molar-refractivity contribution is 7.92. The summed E-state index contributed by atoms with van der Waals surface area (Å²) in [5.74, 6) is -0.816. The van der Waals surface area contributed by atoms with Gasteiger partial charge in [0, 0.05) is 29.6 Å². The van der Waals surface area contributed by atoms with Crippen LogP contribution < -0.4 is 9.62 Å². The first kappa shape index (κ1) is 30.5. The van der Waals surface area contributed by atoms with Gasteiger partial charge >= 0.3 is 0 Å². The van der Waals surface area contributed by atoms with Crippen molar-refractivity contribution in [3.05, 3.63) is 100 Å². The van der Waals surface area contributed by atoms with E-state index in [1.54, 1.807) is 48.5 Å². The highest BCUT2D eigenvalue weighted by Crippen LogP contribution is 2.22. The molecule has 0 heterocycles. The number of carbonyl (C=O) groups excluding carboxylic acids is 2. The number of sulfonamides is 1. The molecule has 0 aliphatic heterocycles. The number of benzene rings is 3. The summed E-state index contributed by atoms with van der Waals surface area (Å²) in [6.07, 6.45) is 3.00. The SMILES string of the molecule is CCCCNC(=O)[C@@H](Cc1ccccc1)N(Cc1ccc(Cl)cc1)C(=O)CN(c1ccc(Cl)cc1)S(C)(=O)=O. The van der Waals surface area contributed by atoms with E-state index in [4.69, 9.17) is 23.2 Å². The van der Waals surface area contributed by atoms with Crippen LogP contribution in [0.3, 0.4) is 0 Å². The number of carbonyl (C=O) groups is 2. The summed E-state index contributed by atoms with van der Waals surface area (Å²) in [6.45, 7) is 2.11. The van der Waals surface area contributed by atoms with Crippen molar-refractivity contribution in [3.8, 4) is 0 Å². The smallest absolute Gasteiger partial charge is 0.244 e. The van der Waals surface area contributed by atoms with Crippen LogP contribution in [0.4, 0.5) is 5.69 Å². The molecule has 3 aromatic carbocycles. The number of nitrogens with zero attached hydrogens (tertiary/aromatic N) is 2. The van der Waals surface area contributed by atoms with Crippen LogP contribution in [0.5, 0.6) is 0 Å². The zero-order chi connectivity index (χ0) is 28.4. The summed E-state index contributed by atoms with van der Waals surface area (Å²) >= 11 is 12.1. The van der Waals surface area contributed by atoms with Gasteiger partial charge < -0.3 is 10.2 Å². The molecule has 0 saturated heterocycles. The van der Waals surface area contributed by atoms with E-state index >= 15 is 0 Å². The minimum absolute atomic E-state index is 0.0902. The fourth-order valence-electron chi connectivity index (χ4n) is 4.07. The lowest BCUT2D eigenvalue weighted by atomic mass is 10.0. The Bertz CT molecular complexity index is 1340. The Morgan fingerprint density at radius 3 is 2.03 bits per heavy atom. The molecule has 0 fully saturated rings. The Hall–Kier alpha value is -3.07. The molecule has 7 nitrogen and oxygen atoms in total. The molecule has 0 spiro atoms.